The van der Waals surface area contributed by atoms with Crippen molar-refractivity contribution in [1.29, 1.82) is 0 Å². The third-order valence-corrected chi connectivity index (χ3v) is 4.42. The Morgan fingerprint density at radius 1 is 1.32 bits per heavy atom. The molecule has 5 heteroatoms. The van der Waals surface area contributed by atoms with E-state index < -0.39 is 0 Å². The van der Waals surface area contributed by atoms with Crippen LogP contribution in [0, 0.1) is 0 Å². The van der Waals surface area contributed by atoms with Gasteiger partial charge in [-0.15, -0.1) is 11.3 Å². The van der Waals surface area contributed by atoms with E-state index >= 15 is 0 Å². The average Bonchev–Trinajstić information content (AvgIpc) is 3.04. The molecule has 3 rings (SSSR count). The van der Waals surface area contributed by atoms with E-state index in [1.807, 2.05) is 19.1 Å². The highest BCUT2D eigenvalue weighted by molar-refractivity contribution is 7.14. The lowest BCUT2D eigenvalue weighted by molar-refractivity contribution is 0.353. The van der Waals surface area contributed by atoms with Crippen LogP contribution in [-0.4, -0.2) is 37.8 Å². The first-order valence-electron chi connectivity index (χ1n) is 7.51. The van der Waals surface area contributed by atoms with Crippen LogP contribution in [0.15, 0.2) is 41.8 Å². The quantitative estimate of drug-likeness (QED) is 0.860. The maximum atomic E-state index is 5.63. The smallest absolute Gasteiger partial charge is 0.185 e. The molecule has 0 aliphatic carbocycles. The van der Waals surface area contributed by atoms with Crippen LogP contribution in [0.5, 0.6) is 5.75 Å². The Morgan fingerprint density at radius 2 is 2.05 bits per heavy atom. The van der Waals surface area contributed by atoms with E-state index in [9.17, 15) is 0 Å². The first-order chi connectivity index (χ1) is 10.7. The summed E-state index contributed by atoms with van der Waals surface area (Å²) in [6.45, 7) is 10.5. The molecule has 1 aliphatic heterocycles. The van der Waals surface area contributed by atoms with Gasteiger partial charge in [-0.05, 0) is 36.8 Å². The molecule has 1 N–H and O–H groups in total. The lowest BCUT2D eigenvalue weighted by Crippen LogP contribution is -2.43. The number of ether oxygens (including phenoxy) is 1. The topological polar surface area (TPSA) is 37.4 Å². The first kappa shape index (κ1) is 15.1. The molecule has 4 nitrogen and oxygen atoms in total. The summed E-state index contributed by atoms with van der Waals surface area (Å²) in [5.74, 6) is 0.865. The van der Waals surface area contributed by atoms with Gasteiger partial charge in [0.2, 0.25) is 0 Å². The van der Waals surface area contributed by atoms with Crippen molar-refractivity contribution < 1.29 is 4.74 Å². The predicted octanol–water partition coefficient (Wildman–Crippen LogP) is 3.17. The minimum absolute atomic E-state index is 0.559. The number of nitrogens with zero attached hydrogens (tertiary/aromatic N) is 2. The fraction of sp³-hybridized carbons (Fsp3) is 0.353. The maximum Gasteiger partial charge on any atom is 0.185 e. The summed E-state index contributed by atoms with van der Waals surface area (Å²) in [5, 5.41) is 6.60. The minimum atomic E-state index is 0.559. The van der Waals surface area contributed by atoms with E-state index in [-0.39, 0.29) is 0 Å². The average molecular weight is 315 g/mol. The van der Waals surface area contributed by atoms with Crippen LogP contribution < -0.4 is 15.0 Å². The monoisotopic (exact) mass is 315 g/mol. The molecule has 0 unspecified atom stereocenters. The molecule has 0 bridgehead atoms. The van der Waals surface area contributed by atoms with Crippen molar-refractivity contribution in [2.24, 2.45) is 0 Å². The lowest BCUT2D eigenvalue weighted by atomic mass is 10.2. The van der Waals surface area contributed by atoms with Crippen molar-refractivity contribution in [2.75, 3.05) is 37.7 Å². The van der Waals surface area contributed by atoms with E-state index in [1.54, 1.807) is 11.3 Å². The van der Waals surface area contributed by atoms with Gasteiger partial charge in [-0.1, -0.05) is 6.58 Å². The molecular weight excluding hydrogens is 294 g/mol. The number of piperazine rings is 1. The van der Waals surface area contributed by atoms with Crippen LogP contribution >= 0.6 is 11.3 Å². The van der Waals surface area contributed by atoms with Gasteiger partial charge in [0.25, 0.3) is 0 Å². The van der Waals surface area contributed by atoms with Crippen LogP contribution in [0.2, 0.25) is 0 Å². The number of aromatic nitrogens is 1. The van der Waals surface area contributed by atoms with Crippen molar-refractivity contribution in [3.05, 3.63) is 41.8 Å². The van der Waals surface area contributed by atoms with Crippen molar-refractivity contribution in [1.82, 2.24) is 10.3 Å². The zero-order valence-corrected chi connectivity index (χ0v) is 13.7. The molecule has 2 heterocycles. The van der Waals surface area contributed by atoms with Gasteiger partial charge in [-0.2, -0.15) is 0 Å². The zero-order chi connectivity index (χ0) is 15.4. The summed E-state index contributed by atoms with van der Waals surface area (Å²) < 4.78 is 5.63. The number of hydrogen-bond donors (Lipinski definition) is 1. The predicted molar refractivity (Wildman–Crippen MR) is 92.9 cm³/mol. The van der Waals surface area contributed by atoms with E-state index in [2.05, 4.69) is 34.3 Å². The van der Waals surface area contributed by atoms with Crippen LogP contribution in [0.1, 0.15) is 6.92 Å². The second-order valence-corrected chi connectivity index (χ2v) is 6.36. The zero-order valence-electron chi connectivity index (χ0n) is 12.8. The molecule has 22 heavy (non-hydrogen) atoms. The number of nitrogens with one attached hydrogen (secondary N) is 1. The maximum absolute atomic E-state index is 5.63. The molecule has 0 saturated carbocycles. The molecular formula is C17H21N3OS. The second kappa shape index (κ2) is 6.94. The Labute approximate surface area is 135 Å². The van der Waals surface area contributed by atoms with E-state index in [0.29, 0.717) is 6.61 Å². The Morgan fingerprint density at radius 3 is 2.73 bits per heavy atom. The molecule has 0 spiro atoms. The van der Waals surface area contributed by atoms with Crippen LogP contribution in [-0.2, 0) is 0 Å². The Kier molecular flexibility index (Phi) is 4.75. The fourth-order valence-corrected chi connectivity index (χ4v) is 3.22. The summed E-state index contributed by atoms with van der Waals surface area (Å²) >= 11 is 1.71. The standard InChI is InChI=1S/C17H21N3OS/c1-13(2)11-21-15-5-3-14(4-6-15)16-12-22-17(19-16)20-9-7-18-8-10-20/h3-6,12,18H,1,7-11H2,2H3. The van der Waals surface area contributed by atoms with Gasteiger partial charge >= 0.3 is 0 Å². The summed E-state index contributed by atoms with van der Waals surface area (Å²) in [5.41, 5.74) is 3.18. The molecule has 116 valence electrons. The van der Waals surface area contributed by atoms with Gasteiger partial charge in [0.15, 0.2) is 5.13 Å². The van der Waals surface area contributed by atoms with Gasteiger partial charge in [0.1, 0.15) is 12.4 Å². The summed E-state index contributed by atoms with van der Waals surface area (Å²) in [7, 11) is 0. The molecule has 1 fully saturated rings. The molecule has 1 aromatic heterocycles. The Balaban J connectivity index is 1.68. The summed E-state index contributed by atoms with van der Waals surface area (Å²) in [4.78, 5) is 7.11. The van der Waals surface area contributed by atoms with E-state index in [4.69, 9.17) is 9.72 Å². The van der Waals surface area contributed by atoms with Gasteiger partial charge < -0.3 is 15.0 Å². The van der Waals surface area contributed by atoms with Gasteiger partial charge in [0.05, 0.1) is 5.69 Å². The van der Waals surface area contributed by atoms with Crippen LogP contribution in [0.25, 0.3) is 11.3 Å². The molecule has 1 aromatic carbocycles. The highest BCUT2D eigenvalue weighted by atomic mass is 32.1. The van der Waals surface area contributed by atoms with Gasteiger partial charge in [-0.3, -0.25) is 0 Å². The molecule has 2 aromatic rings. The Hall–Kier alpha value is -1.85. The Bertz CT molecular complexity index is 630. The fourth-order valence-electron chi connectivity index (χ4n) is 2.33. The highest BCUT2D eigenvalue weighted by Gasteiger charge is 2.14. The SMILES string of the molecule is C=C(C)COc1ccc(-c2csc(N3CCNCC3)n2)cc1. The summed E-state index contributed by atoms with van der Waals surface area (Å²) in [6.07, 6.45) is 0. The number of anilines is 1. The molecule has 0 amide bonds. The number of hydrogen-bond acceptors (Lipinski definition) is 5. The molecule has 0 radical (unpaired) electrons. The van der Waals surface area contributed by atoms with Crippen LogP contribution in [0.3, 0.4) is 0 Å². The van der Waals surface area contributed by atoms with Crippen molar-refractivity contribution >= 4 is 16.5 Å². The second-order valence-electron chi connectivity index (χ2n) is 5.52. The first-order valence-corrected chi connectivity index (χ1v) is 8.39. The van der Waals surface area contributed by atoms with Gasteiger partial charge in [0, 0.05) is 37.1 Å². The third kappa shape index (κ3) is 3.67. The highest BCUT2D eigenvalue weighted by Crippen LogP contribution is 2.28. The number of benzene rings is 1. The van der Waals surface area contributed by atoms with Gasteiger partial charge in [-0.25, -0.2) is 4.98 Å². The molecule has 1 aliphatic rings. The van der Waals surface area contributed by atoms with Crippen molar-refractivity contribution in [3.63, 3.8) is 0 Å². The third-order valence-electron chi connectivity index (χ3n) is 3.51. The van der Waals surface area contributed by atoms with Crippen LogP contribution in [0.4, 0.5) is 5.13 Å². The summed E-state index contributed by atoms with van der Waals surface area (Å²) in [6, 6.07) is 8.10. The normalized spacial score (nSPS) is 14.9. The van der Waals surface area contributed by atoms with E-state index in [1.165, 1.54) is 0 Å². The van der Waals surface area contributed by atoms with E-state index in [0.717, 1.165) is 53.9 Å². The van der Waals surface area contributed by atoms with Crippen molar-refractivity contribution in [2.45, 2.75) is 6.92 Å². The number of thiazole rings is 1. The minimum Gasteiger partial charge on any atom is -0.489 e. The lowest BCUT2D eigenvalue weighted by Gasteiger charge is -2.26. The largest absolute Gasteiger partial charge is 0.489 e. The van der Waals surface area contributed by atoms with Crippen molar-refractivity contribution in [3.8, 4) is 17.0 Å². The molecule has 0 atom stereocenters. The molecule has 1 saturated heterocycles. The number of rotatable bonds is 5.